The predicted octanol–water partition coefficient (Wildman–Crippen LogP) is 3.15. The summed E-state index contributed by atoms with van der Waals surface area (Å²) in [4.78, 5) is 26.8. The van der Waals surface area contributed by atoms with Crippen molar-refractivity contribution in [3.63, 3.8) is 0 Å². The van der Waals surface area contributed by atoms with Gasteiger partial charge in [-0.2, -0.15) is 0 Å². The van der Waals surface area contributed by atoms with Crippen LogP contribution in [0.1, 0.15) is 38.7 Å². The van der Waals surface area contributed by atoms with E-state index >= 15 is 0 Å². The number of nitrogens with zero attached hydrogens (tertiary/aromatic N) is 1. The summed E-state index contributed by atoms with van der Waals surface area (Å²) in [6, 6.07) is 5.35. The van der Waals surface area contributed by atoms with Gasteiger partial charge >= 0.3 is 0 Å². The topological polar surface area (TPSA) is 58.6 Å². The van der Waals surface area contributed by atoms with E-state index in [4.69, 9.17) is 4.74 Å². The lowest BCUT2D eigenvalue weighted by Crippen LogP contribution is -2.50. The Bertz CT molecular complexity index is 613. The smallest absolute Gasteiger partial charge is 0.245 e. The van der Waals surface area contributed by atoms with Gasteiger partial charge in [0.05, 0.1) is 11.6 Å². The number of benzene rings is 1. The highest BCUT2D eigenvalue weighted by atomic mass is 79.9. The van der Waals surface area contributed by atoms with Crippen molar-refractivity contribution in [3.8, 4) is 5.75 Å². The highest BCUT2D eigenvalue weighted by Gasteiger charge is 2.29. The van der Waals surface area contributed by atoms with Crippen LogP contribution in [-0.2, 0) is 16.0 Å². The molecular weight excluding hydrogens is 384 g/mol. The molecule has 1 heterocycles. The molecule has 1 aromatic rings. The first-order chi connectivity index (χ1) is 11.9. The number of likely N-dealkylation sites (tertiary alicyclic amines) is 1. The molecule has 25 heavy (non-hydrogen) atoms. The molecule has 1 fully saturated rings. The maximum absolute atomic E-state index is 12.6. The van der Waals surface area contributed by atoms with Gasteiger partial charge < -0.3 is 15.0 Å². The minimum Gasteiger partial charge on any atom is -0.496 e. The summed E-state index contributed by atoms with van der Waals surface area (Å²) in [7, 11) is 1.62. The first-order valence-electron chi connectivity index (χ1n) is 8.83. The highest BCUT2D eigenvalue weighted by Crippen LogP contribution is 2.26. The number of aryl methyl sites for hydroxylation is 1. The number of rotatable bonds is 7. The number of carbonyl (C=O) groups is 2. The zero-order chi connectivity index (χ0) is 18.4. The van der Waals surface area contributed by atoms with Crippen LogP contribution in [0.3, 0.4) is 0 Å². The van der Waals surface area contributed by atoms with Crippen molar-refractivity contribution < 1.29 is 14.3 Å². The molecule has 5 nitrogen and oxygen atoms in total. The lowest BCUT2D eigenvalue weighted by atomic mass is 10.0. The average molecular weight is 411 g/mol. The Morgan fingerprint density at radius 3 is 2.52 bits per heavy atom. The Morgan fingerprint density at radius 1 is 1.28 bits per heavy atom. The van der Waals surface area contributed by atoms with E-state index in [9.17, 15) is 9.59 Å². The maximum atomic E-state index is 12.6. The molecular formula is C19H27BrN2O3. The minimum atomic E-state index is -0.437. The van der Waals surface area contributed by atoms with Crippen LogP contribution < -0.4 is 10.1 Å². The van der Waals surface area contributed by atoms with Crippen LogP contribution in [0.25, 0.3) is 0 Å². The van der Waals surface area contributed by atoms with Gasteiger partial charge in [-0.25, -0.2) is 0 Å². The van der Waals surface area contributed by atoms with E-state index in [1.54, 1.807) is 7.11 Å². The van der Waals surface area contributed by atoms with E-state index < -0.39 is 6.04 Å². The number of hydrogen-bond acceptors (Lipinski definition) is 3. The molecule has 1 saturated heterocycles. The lowest BCUT2D eigenvalue weighted by Gasteiger charge is -2.26. The Morgan fingerprint density at radius 2 is 1.96 bits per heavy atom. The summed E-state index contributed by atoms with van der Waals surface area (Å²) in [5, 5.41) is 2.93. The van der Waals surface area contributed by atoms with Gasteiger partial charge in [-0.05, 0) is 58.8 Å². The van der Waals surface area contributed by atoms with Crippen molar-refractivity contribution in [1.82, 2.24) is 10.2 Å². The number of nitrogens with one attached hydrogen (secondary N) is 1. The summed E-state index contributed by atoms with van der Waals surface area (Å²) in [5.74, 6) is 0.808. The molecule has 1 aliphatic rings. The Kier molecular flexibility index (Phi) is 7.29. The van der Waals surface area contributed by atoms with Gasteiger partial charge in [-0.1, -0.05) is 19.9 Å². The van der Waals surface area contributed by atoms with Crippen LogP contribution in [0.2, 0.25) is 0 Å². The van der Waals surface area contributed by atoms with Gasteiger partial charge in [0, 0.05) is 19.5 Å². The maximum Gasteiger partial charge on any atom is 0.245 e. The van der Waals surface area contributed by atoms with Crippen LogP contribution in [0.4, 0.5) is 0 Å². The number of methoxy groups -OCH3 is 1. The van der Waals surface area contributed by atoms with Crippen molar-refractivity contribution in [3.05, 3.63) is 28.2 Å². The summed E-state index contributed by atoms with van der Waals surface area (Å²) in [6.07, 6.45) is 3.08. The number of hydrogen-bond donors (Lipinski definition) is 1. The molecule has 1 N–H and O–H groups in total. The minimum absolute atomic E-state index is 0.0491. The largest absolute Gasteiger partial charge is 0.496 e. The van der Waals surface area contributed by atoms with Crippen molar-refractivity contribution in [1.29, 1.82) is 0 Å². The molecule has 0 bridgehead atoms. The van der Waals surface area contributed by atoms with E-state index in [0.29, 0.717) is 12.8 Å². The number of carbonyl (C=O) groups excluding carboxylic acids is 2. The lowest BCUT2D eigenvalue weighted by molar-refractivity contribution is -0.136. The van der Waals surface area contributed by atoms with Crippen molar-refractivity contribution in [2.75, 3.05) is 20.2 Å². The second-order valence-corrected chi connectivity index (χ2v) is 7.64. The SMILES string of the molecule is COc1ccc(CCC(=O)N[C@H](C(=O)N2CCCC2)C(C)C)cc1Br. The summed E-state index contributed by atoms with van der Waals surface area (Å²) >= 11 is 3.45. The Balaban J connectivity index is 1.90. The molecule has 1 aliphatic heterocycles. The van der Waals surface area contributed by atoms with Gasteiger partial charge in [0.15, 0.2) is 0 Å². The molecule has 138 valence electrons. The first kappa shape index (κ1) is 19.8. The van der Waals surface area contributed by atoms with Crippen molar-refractivity contribution >= 4 is 27.7 Å². The van der Waals surface area contributed by atoms with E-state index in [0.717, 1.165) is 41.7 Å². The van der Waals surface area contributed by atoms with Crippen LogP contribution in [0.5, 0.6) is 5.75 Å². The molecule has 0 saturated carbocycles. The third kappa shape index (κ3) is 5.46. The summed E-state index contributed by atoms with van der Waals surface area (Å²) in [6.45, 7) is 5.55. The molecule has 1 aromatic carbocycles. The van der Waals surface area contributed by atoms with Crippen LogP contribution in [-0.4, -0.2) is 43.0 Å². The van der Waals surface area contributed by atoms with E-state index in [1.165, 1.54) is 0 Å². The van der Waals surface area contributed by atoms with E-state index in [-0.39, 0.29) is 17.7 Å². The van der Waals surface area contributed by atoms with Gasteiger partial charge in [0.2, 0.25) is 11.8 Å². The standard InChI is InChI=1S/C19H27BrN2O3/c1-13(2)18(19(24)22-10-4-5-11-22)21-17(23)9-7-14-6-8-16(25-3)15(20)12-14/h6,8,12-13,18H,4-5,7,9-11H2,1-3H3,(H,21,23)/t18-/m0/s1. The fraction of sp³-hybridized carbons (Fsp3) is 0.579. The molecule has 2 amide bonds. The van der Waals surface area contributed by atoms with Gasteiger partial charge in [0.25, 0.3) is 0 Å². The van der Waals surface area contributed by atoms with E-state index in [2.05, 4.69) is 21.2 Å². The Hall–Kier alpha value is -1.56. The van der Waals surface area contributed by atoms with Gasteiger partial charge in [0.1, 0.15) is 11.8 Å². The summed E-state index contributed by atoms with van der Waals surface area (Å²) < 4.78 is 6.08. The van der Waals surface area contributed by atoms with Crippen LogP contribution in [0.15, 0.2) is 22.7 Å². The van der Waals surface area contributed by atoms with Crippen molar-refractivity contribution in [2.45, 2.75) is 45.6 Å². The third-order valence-electron chi connectivity index (χ3n) is 4.52. The quantitative estimate of drug-likeness (QED) is 0.750. The molecule has 0 aromatic heterocycles. The molecule has 0 unspecified atom stereocenters. The van der Waals surface area contributed by atoms with Gasteiger partial charge in [-0.15, -0.1) is 0 Å². The fourth-order valence-corrected chi connectivity index (χ4v) is 3.60. The molecule has 0 aliphatic carbocycles. The number of amides is 2. The fourth-order valence-electron chi connectivity index (χ4n) is 3.02. The zero-order valence-electron chi connectivity index (χ0n) is 15.2. The molecule has 0 radical (unpaired) electrons. The summed E-state index contributed by atoms with van der Waals surface area (Å²) in [5.41, 5.74) is 1.05. The Labute approximate surface area is 158 Å². The molecule has 0 spiro atoms. The molecule has 2 rings (SSSR count). The van der Waals surface area contributed by atoms with E-state index in [1.807, 2.05) is 36.9 Å². The van der Waals surface area contributed by atoms with Crippen LogP contribution >= 0.6 is 15.9 Å². The average Bonchev–Trinajstić information content (AvgIpc) is 3.11. The highest BCUT2D eigenvalue weighted by molar-refractivity contribution is 9.10. The monoisotopic (exact) mass is 410 g/mol. The third-order valence-corrected chi connectivity index (χ3v) is 5.14. The number of halogens is 1. The normalized spacial score (nSPS) is 15.3. The second kappa shape index (κ2) is 9.22. The number of ether oxygens (including phenoxy) is 1. The molecule has 6 heteroatoms. The van der Waals surface area contributed by atoms with Gasteiger partial charge in [-0.3, -0.25) is 9.59 Å². The predicted molar refractivity (Wildman–Crippen MR) is 102 cm³/mol. The molecule has 1 atom stereocenters. The second-order valence-electron chi connectivity index (χ2n) is 6.79. The first-order valence-corrected chi connectivity index (χ1v) is 9.62. The van der Waals surface area contributed by atoms with Crippen LogP contribution in [0, 0.1) is 5.92 Å². The zero-order valence-corrected chi connectivity index (χ0v) is 16.8. The van der Waals surface area contributed by atoms with Crippen molar-refractivity contribution in [2.24, 2.45) is 5.92 Å².